The first-order valence-corrected chi connectivity index (χ1v) is 6.81. The Hall–Kier alpha value is -1.51. The Bertz CT molecular complexity index is 346. The van der Waals surface area contributed by atoms with Crippen LogP contribution in [0.1, 0.15) is 38.2 Å². The van der Waals surface area contributed by atoms with Crippen molar-refractivity contribution in [2.45, 2.75) is 32.6 Å². The van der Waals surface area contributed by atoms with Crippen LogP contribution in [0, 0.1) is 0 Å². The molecule has 0 aromatic heterocycles. The molecule has 0 radical (unpaired) electrons. The van der Waals surface area contributed by atoms with Crippen LogP contribution in [-0.4, -0.2) is 26.1 Å². The van der Waals surface area contributed by atoms with Gasteiger partial charge in [-0.25, -0.2) is 0 Å². The van der Waals surface area contributed by atoms with Crippen molar-refractivity contribution in [1.82, 2.24) is 10.6 Å². The summed E-state index contributed by atoms with van der Waals surface area (Å²) in [6.07, 6.45) is 2.23. The zero-order valence-electron chi connectivity index (χ0n) is 11.7. The Labute approximate surface area is 111 Å². The van der Waals surface area contributed by atoms with Crippen LogP contribution in [0.4, 0.5) is 0 Å². The molecule has 0 heterocycles. The van der Waals surface area contributed by atoms with Gasteiger partial charge in [0.05, 0.1) is 0 Å². The second-order valence-corrected chi connectivity index (χ2v) is 4.40. The van der Waals surface area contributed by atoms with E-state index in [9.17, 15) is 0 Å². The Morgan fingerprint density at radius 3 is 2.44 bits per heavy atom. The van der Waals surface area contributed by atoms with Gasteiger partial charge >= 0.3 is 0 Å². The lowest BCUT2D eigenvalue weighted by Crippen LogP contribution is -2.39. The minimum atomic E-state index is 0.534. The van der Waals surface area contributed by atoms with Crippen molar-refractivity contribution in [3.8, 4) is 0 Å². The van der Waals surface area contributed by atoms with Crippen LogP contribution in [0.15, 0.2) is 35.3 Å². The van der Waals surface area contributed by atoms with Gasteiger partial charge in [-0.2, -0.15) is 0 Å². The van der Waals surface area contributed by atoms with Gasteiger partial charge < -0.3 is 10.6 Å². The molecule has 0 aliphatic heterocycles. The molecule has 0 aliphatic carbocycles. The number of guanidine groups is 1. The molecule has 0 spiro atoms. The van der Waals surface area contributed by atoms with Crippen molar-refractivity contribution in [2.24, 2.45) is 4.99 Å². The van der Waals surface area contributed by atoms with Gasteiger partial charge in [0.15, 0.2) is 5.96 Å². The van der Waals surface area contributed by atoms with E-state index in [4.69, 9.17) is 0 Å². The zero-order valence-corrected chi connectivity index (χ0v) is 11.7. The maximum Gasteiger partial charge on any atom is 0.190 e. The number of nitrogens with one attached hydrogen (secondary N) is 2. The summed E-state index contributed by atoms with van der Waals surface area (Å²) >= 11 is 0. The third kappa shape index (κ3) is 4.78. The van der Waals surface area contributed by atoms with Crippen LogP contribution in [0.3, 0.4) is 0 Å². The van der Waals surface area contributed by atoms with E-state index in [0.29, 0.717) is 5.92 Å². The van der Waals surface area contributed by atoms with E-state index < -0.39 is 0 Å². The van der Waals surface area contributed by atoms with E-state index in [-0.39, 0.29) is 0 Å². The first kappa shape index (κ1) is 14.6. The zero-order chi connectivity index (χ0) is 13.2. The second-order valence-electron chi connectivity index (χ2n) is 4.40. The quantitative estimate of drug-likeness (QED) is 0.599. The minimum Gasteiger partial charge on any atom is -0.356 e. The SMILES string of the molecule is CCCNC(=NC)NCC(CC)c1ccccc1. The summed E-state index contributed by atoms with van der Waals surface area (Å²) in [5.41, 5.74) is 1.39. The molecule has 0 amide bonds. The summed E-state index contributed by atoms with van der Waals surface area (Å²) in [5, 5.41) is 6.68. The number of aliphatic imine (C=N–C) groups is 1. The third-order valence-electron chi connectivity index (χ3n) is 3.05. The Morgan fingerprint density at radius 1 is 1.17 bits per heavy atom. The van der Waals surface area contributed by atoms with Crippen molar-refractivity contribution >= 4 is 5.96 Å². The highest BCUT2D eigenvalue weighted by Crippen LogP contribution is 2.17. The lowest BCUT2D eigenvalue weighted by atomic mass is 9.97. The molecule has 1 aromatic carbocycles. The minimum absolute atomic E-state index is 0.534. The van der Waals surface area contributed by atoms with Gasteiger partial charge in [-0.1, -0.05) is 44.2 Å². The summed E-state index contributed by atoms with van der Waals surface area (Å²) < 4.78 is 0. The standard InChI is InChI=1S/C15H25N3/c1-4-11-17-15(16-3)18-12-13(5-2)14-9-7-6-8-10-14/h6-10,13H,4-5,11-12H2,1-3H3,(H2,16,17,18). The molecule has 0 saturated carbocycles. The molecule has 1 atom stereocenters. The fourth-order valence-corrected chi connectivity index (χ4v) is 1.91. The van der Waals surface area contributed by atoms with Gasteiger partial charge in [0, 0.05) is 26.1 Å². The Morgan fingerprint density at radius 2 is 1.89 bits per heavy atom. The molecule has 3 heteroatoms. The molecule has 0 bridgehead atoms. The number of rotatable bonds is 6. The first-order chi connectivity index (χ1) is 8.81. The first-order valence-electron chi connectivity index (χ1n) is 6.81. The number of benzene rings is 1. The largest absolute Gasteiger partial charge is 0.356 e. The molecule has 1 unspecified atom stereocenters. The highest BCUT2D eigenvalue weighted by molar-refractivity contribution is 5.79. The average Bonchev–Trinajstić information content (AvgIpc) is 2.44. The van der Waals surface area contributed by atoms with E-state index in [1.165, 1.54) is 5.56 Å². The van der Waals surface area contributed by atoms with Crippen molar-refractivity contribution in [2.75, 3.05) is 20.1 Å². The van der Waals surface area contributed by atoms with E-state index in [2.05, 4.69) is 59.8 Å². The number of hydrogen-bond donors (Lipinski definition) is 2. The molecule has 100 valence electrons. The lowest BCUT2D eigenvalue weighted by Gasteiger charge is -2.18. The summed E-state index contributed by atoms with van der Waals surface area (Å²) in [4.78, 5) is 4.22. The van der Waals surface area contributed by atoms with Gasteiger partial charge in [-0.3, -0.25) is 4.99 Å². The smallest absolute Gasteiger partial charge is 0.190 e. The van der Waals surface area contributed by atoms with Crippen LogP contribution in [0.25, 0.3) is 0 Å². The van der Waals surface area contributed by atoms with Gasteiger partial charge in [0.25, 0.3) is 0 Å². The topological polar surface area (TPSA) is 36.4 Å². The van der Waals surface area contributed by atoms with Crippen LogP contribution < -0.4 is 10.6 Å². The Balaban J connectivity index is 2.49. The predicted octanol–water partition coefficient (Wildman–Crippen LogP) is 2.76. The average molecular weight is 247 g/mol. The number of hydrogen-bond acceptors (Lipinski definition) is 1. The highest BCUT2D eigenvalue weighted by atomic mass is 15.2. The van der Waals surface area contributed by atoms with Gasteiger partial charge in [0.2, 0.25) is 0 Å². The van der Waals surface area contributed by atoms with Gasteiger partial charge in [-0.05, 0) is 18.4 Å². The molecule has 1 aromatic rings. The third-order valence-corrected chi connectivity index (χ3v) is 3.05. The van der Waals surface area contributed by atoms with Crippen LogP contribution >= 0.6 is 0 Å². The van der Waals surface area contributed by atoms with Gasteiger partial charge in [-0.15, -0.1) is 0 Å². The van der Waals surface area contributed by atoms with Crippen LogP contribution in [0.2, 0.25) is 0 Å². The highest BCUT2D eigenvalue weighted by Gasteiger charge is 2.09. The van der Waals surface area contributed by atoms with Crippen LogP contribution in [-0.2, 0) is 0 Å². The Kier molecular flexibility index (Phi) is 6.92. The van der Waals surface area contributed by atoms with Crippen LogP contribution in [0.5, 0.6) is 0 Å². The molecule has 0 aliphatic rings. The fourth-order valence-electron chi connectivity index (χ4n) is 1.91. The molecule has 3 nitrogen and oxygen atoms in total. The molecular formula is C15H25N3. The molecule has 0 fully saturated rings. The summed E-state index contributed by atoms with van der Waals surface area (Å²) in [7, 11) is 1.81. The van der Waals surface area contributed by atoms with Gasteiger partial charge in [0.1, 0.15) is 0 Å². The molecule has 0 saturated heterocycles. The maximum atomic E-state index is 4.22. The second kappa shape index (κ2) is 8.56. The normalized spacial score (nSPS) is 13.2. The van der Waals surface area contributed by atoms with E-state index >= 15 is 0 Å². The lowest BCUT2D eigenvalue weighted by molar-refractivity contribution is 0.629. The van der Waals surface area contributed by atoms with Crippen molar-refractivity contribution in [3.63, 3.8) is 0 Å². The summed E-state index contributed by atoms with van der Waals surface area (Å²) in [6.45, 7) is 6.26. The van der Waals surface area contributed by atoms with E-state index in [0.717, 1.165) is 31.9 Å². The molecule has 18 heavy (non-hydrogen) atoms. The number of nitrogens with zero attached hydrogens (tertiary/aromatic N) is 1. The molecule has 1 rings (SSSR count). The van der Waals surface area contributed by atoms with Crippen molar-refractivity contribution in [1.29, 1.82) is 0 Å². The fraction of sp³-hybridized carbons (Fsp3) is 0.533. The summed E-state index contributed by atoms with van der Waals surface area (Å²) in [6, 6.07) is 10.6. The molecular weight excluding hydrogens is 222 g/mol. The van der Waals surface area contributed by atoms with Crippen molar-refractivity contribution in [3.05, 3.63) is 35.9 Å². The maximum absolute atomic E-state index is 4.22. The predicted molar refractivity (Wildman–Crippen MR) is 79.1 cm³/mol. The molecule has 2 N–H and O–H groups in total. The summed E-state index contributed by atoms with van der Waals surface area (Å²) in [5.74, 6) is 1.43. The monoisotopic (exact) mass is 247 g/mol. The van der Waals surface area contributed by atoms with Crippen molar-refractivity contribution < 1.29 is 0 Å². The van der Waals surface area contributed by atoms with E-state index in [1.54, 1.807) is 0 Å². The van der Waals surface area contributed by atoms with E-state index in [1.807, 2.05) is 7.05 Å².